The van der Waals surface area contributed by atoms with E-state index in [1.54, 1.807) is 12.2 Å². The van der Waals surface area contributed by atoms with Gasteiger partial charge in [-0.2, -0.15) is 8.42 Å². The van der Waals surface area contributed by atoms with E-state index in [4.69, 9.17) is 9.29 Å². The van der Waals surface area contributed by atoms with Gasteiger partial charge in [-0.3, -0.25) is 4.55 Å². The summed E-state index contributed by atoms with van der Waals surface area (Å²) in [6, 6.07) is 0. The SMILES string of the molecule is C=CCC1(C)C=CC(S(=O)(=O)O)=C(OC)C1. The van der Waals surface area contributed by atoms with Gasteiger partial charge in [0.2, 0.25) is 0 Å². The molecule has 1 unspecified atom stereocenters. The highest BCUT2D eigenvalue weighted by molar-refractivity contribution is 7.90. The van der Waals surface area contributed by atoms with Gasteiger partial charge in [0.25, 0.3) is 10.1 Å². The molecule has 5 heteroatoms. The second-order valence-electron chi connectivity index (χ2n) is 4.12. The van der Waals surface area contributed by atoms with Crippen LogP contribution in [0, 0.1) is 5.41 Å². The van der Waals surface area contributed by atoms with Gasteiger partial charge >= 0.3 is 0 Å². The van der Waals surface area contributed by atoms with Crippen molar-refractivity contribution >= 4 is 10.1 Å². The van der Waals surface area contributed by atoms with E-state index in [2.05, 4.69) is 6.58 Å². The molecule has 4 nitrogen and oxygen atoms in total. The lowest BCUT2D eigenvalue weighted by Gasteiger charge is -2.29. The average molecular weight is 244 g/mol. The van der Waals surface area contributed by atoms with Crippen molar-refractivity contribution in [2.45, 2.75) is 19.8 Å². The van der Waals surface area contributed by atoms with Crippen molar-refractivity contribution in [3.63, 3.8) is 0 Å². The van der Waals surface area contributed by atoms with Gasteiger partial charge in [-0.1, -0.05) is 19.1 Å². The molecule has 0 bridgehead atoms. The lowest BCUT2D eigenvalue weighted by Crippen LogP contribution is -2.20. The zero-order valence-electron chi connectivity index (χ0n) is 9.43. The molecule has 1 rings (SSSR count). The van der Waals surface area contributed by atoms with Gasteiger partial charge in [0.1, 0.15) is 10.7 Å². The maximum atomic E-state index is 11.1. The zero-order valence-corrected chi connectivity index (χ0v) is 10.3. The van der Waals surface area contributed by atoms with Crippen LogP contribution < -0.4 is 0 Å². The van der Waals surface area contributed by atoms with Gasteiger partial charge in [0, 0.05) is 6.42 Å². The van der Waals surface area contributed by atoms with Gasteiger partial charge in [-0.05, 0) is 17.9 Å². The van der Waals surface area contributed by atoms with Gasteiger partial charge in [-0.15, -0.1) is 6.58 Å². The normalized spacial score (nSPS) is 25.7. The van der Waals surface area contributed by atoms with Crippen LogP contribution in [0.4, 0.5) is 0 Å². The van der Waals surface area contributed by atoms with Crippen LogP contribution in [0.15, 0.2) is 35.5 Å². The van der Waals surface area contributed by atoms with Crippen molar-refractivity contribution in [3.05, 3.63) is 35.5 Å². The summed E-state index contributed by atoms with van der Waals surface area (Å²) in [5, 5.41) is 0. The molecule has 0 fully saturated rings. The van der Waals surface area contributed by atoms with E-state index in [0.29, 0.717) is 6.42 Å². The summed E-state index contributed by atoms with van der Waals surface area (Å²) < 4.78 is 36.2. The minimum atomic E-state index is -4.21. The molecule has 0 aliphatic heterocycles. The van der Waals surface area contributed by atoms with Crippen molar-refractivity contribution in [2.75, 3.05) is 7.11 Å². The van der Waals surface area contributed by atoms with E-state index in [0.717, 1.165) is 6.42 Å². The van der Waals surface area contributed by atoms with Crippen LogP contribution >= 0.6 is 0 Å². The van der Waals surface area contributed by atoms with Crippen LogP contribution in [0.2, 0.25) is 0 Å². The molecular weight excluding hydrogens is 228 g/mol. The van der Waals surface area contributed by atoms with Gasteiger partial charge < -0.3 is 4.74 Å². The first kappa shape index (κ1) is 13.0. The van der Waals surface area contributed by atoms with Gasteiger partial charge in [0.05, 0.1) is 7.11 Å². The molecule has 0 saturated carbocycles. The topological polar surface area (TPSA) is 63.6 Å². The van der Waals surface area contributed by atoms with Crippen molar-refractivity contribution in [3.8, 4) is 0 Å². The Morgan fingerprint density at radius 2 is 2.31 bits per heavy atom. The fourth-order valence-corrected chi connectivity index (χ4v) is 2.44. The van der Waals surface area contributed by atoms with Crippen molar-refractivity contribution < 1.29 is 17.7 Å². The minimum Gasteiger partial charge on any atom is -0.500 e. The highest BCUT2D eigenvalue weighted by Crippen LogP contribution is 2.38. The number of methoxy groups -OCH3 is 1. The van der Waals surface area contributed by atoms with Gasteiger partial charge in [-0.25, -0.2) is 0 Å². The number of hydrogen-bond acceptors (Lipinski definition) is 3. The molecule has 0 aromatic carbocycles. The molecular formula is C11H16O4S. The van der Waals surface area contributed by atoms with Crippen LogP contribution in [-0.2, 0) is 14.9 Å². The Balaban J connectivity index is 3.12. The smallest absolute Gasteiger partial charge is 0.297 e. The van der Waals surface area contributed by atoms with Crippen LogP contribution in [0.3, 0.4) is 0 Å². The molecule has 0 saturated heterocycles. The van der Waals surface area contributed by atoms with Crippen molar-refractivity contribution in [1.29, 1.82) is 0 Å². The van der Waals surface area contributed by atoms with Crippen LogP contribution in [0.5, 0.6) is 0 Å². The Morgan fingerprint density at radius 3 is 2.75 bits per heavy atom. The molecule has 1 aliphatic carbocycles. The second-order valence-corrected chi connectivity index (χ2v) is 5.51. The summed E-state index contributed by atoms with van der Waals surface area (Å²) in [5.41, 5.74) is -0.207. The lowest BCUT2D eigenvalue weighted by molar-refractivity contribution is 0.236. The molecule has 0 heterocycles. The van der Waals surface area contributed by atoms with Crippen LogP contribution in [0.1, 0.15) is 19.8 Å². The molecule has 16 heavy (non-hydrogen) atoms. The van der Waals surface area contributed by atoms with E-state index in [1.165, 1.54) is 13.2 Å². The number of hydrogen-bond donors (Lipinski definition) is 1. The predicted molar refractivity (Wildman–Crippen MR) is 62.3 cm³/mol. The minimum absolute atomic E-state index is 0.156. The third-order valence-electron chi connectivity index (χ3n) is 2.61. The number of rotatable bonds is 4. The molecule has 0 radical (unpaired) electrons. The summed E-state index contributed by atoms with van der Waals surface area (Å²) in [4.78, 5) is -0.156. The largest absolute Gasteiger partial charge is 0.500 e. The molecule has 1 atom stereocenters. The molecule has 0 spiro atoms. The first-order chi connectivity index (χ1) is 7.32. The summed E-state index contributed by atoms with van der Waals surface area (Å²) in [6.07, 6.45) is 6.08. The standard InChI is InChI=1S/C11H16O4S/c1-4-6-11(2)7-5-10(16(12,13)14)9(8-11)15-3/h4-5,7H,1,6,8H2,2-3H3,(H,12,13,14). The summed E-state index contributed by atoms with van der Waals surface area (Å²) >= 11 is 0. The van der Waals surface area contributed by atoms with Gasteiger partial charge in [0.15, 0.2) is 0 Å². The second kappa shape index (κ2) is 4.43. The lowest BCUT2D eigenvalue weighted by atomic mass is 9.80. The van der Waals surface area contributed by atoms with E-state index >= 15 is 0 Å². The Hall–Kier alpha value is -1.07. The summed E-state index contributed by atoms with van der Waals surface area (Å²) in [5.74, 6) is 0.286. The monoisotopic (exact) mass is 244 g/mol. The predicted octanol–water partition coefficient (Wildman–Crippen LogP) is 2.27. The highest BCUT2D eigenvalue weighted by Gasteiger charge is 2.30. The fraction of sp³-hybridized carbons (Fsp3) is 0.455. The van der Waals surface area contributed by atoms with E-state index in [1.807, 2.05) is 6.92 Å². The molecule has 90 valence electrons. The van der Waals surface area contributed by atoms with E-state index in [-0.39, 0.29) is 16.1 Å². The van der Waals surface area contributed by atoms with Crippen molar-refractivity contribution in [1.82, 2.24) is 0 Å². The number of allylic oxidation sites excluding steroid dienone is 4. The molecule has 1 N–H and O–H groups in total. The average Bonchev–Trinajstić information content (AvgIpc) is 2.15. The highest BCUT2D eigenvalue weighted by atomic mass is 32.2. The summed E-state index contributed by atoms with van der Waals surface area (Å²) in [7, 11) is -2.81. The molecule has 0 aromatic heterocycles. The molecule has 0 amide bonds. The van der Waals surface area contributed by atoms with E-state index in [9.17, 15) is 8.42 Å². The maximum absolute atomic E-state index is 11.1. The first-order valence-corrected chi connectivity index (χ1v) is 6.31. The first-order valence-electron chi connectivity index (χ1n) is 4.87. The Morgan fingerprint density at radius 1 is 1.69 bits per heavy atom. The third-order valence-corrected chi connectivity index (χ3v) is 3.53. The maximum Gasteiger partial charge on any atom is 0.297 e. The molecule has 0 aromatic rings. The Bertz CT molecular complexity index is 445. The fourth-order valence-electron chi connectivity index (χ4n) is 1.76. The quantitative estimate of drug-likeness (QED) is 0.608. The van der Waals surface area contributed by atoms with E-state index < -0.39 is 10.1 Å². The van der Waals surface area contributed by atoms with Crippen molar-refractivity contribution in [2.24, 2.45) is 5.41 Å². The Labute approximate surface area is 96.1 Å². The van der Waals surface area contributed by atoms with Crippen LogP contribution in [0.25, 0.3) is 0 Å². The zero-order chi connectivity index (χ0) is 12.4. The third kappa shape index (κ3) is 2.74. The van der Waals surface area contributed by atoms with Crippen LogP contribution in [-0.4, -0.2) is 20.1 Å². The summed E-state index contributed by atoms with van der Waals surface area (Å²) in [6.45, 7) is 5.64. The Kier molecular flexibility index (Phi) is 3.60. The number of ether oxygens (including phenoxy) is 1. The molecule has 1 aliphatic rings.